The SMILES string of the molecule is C=C(C)c1cc(-c2csc(C3CCCCC3)n2)n(CC2CCCCC2)c1C.CCCCC. The molecule has 178 valence electrons. The normalized spacial score (nSPS) is 17.8. The number of rotatable bonds is 7. The fourth-order valence-corrected chi connectivity index (χ4v) is 6.43. The van der Waals surface area contributed by atoms with Crippen LogP contribution in [-0.2, 0) is 6.54 Å². The van der Waals surface area contributed by atoms with E-state index < -0.39 is 0 Å². The minimum atomic E-state index is 0.695. The van der Waals surface area contributed by atoms with Crippen LogP contribution in [0.25, 0.3) is 17.0 Å². The molecule has 4 rings (SSSR count). The molecule has 0 bridgehead atoms. The van der Waals surface area contributed by atoms with Gasteiger partial charge >= 0.3 is 0 Å². The van der Waals surface area contributed by atoms with Gasteiger partial charge in [-0.15, -0.1) is 11.3 Å². The van der Waals surface area contributed by atoms with Gasteiger partial charge in [0.25, 0.3) is 0 Å². The molecule has 2 aromatic rings. The Labute approximate surface area is 201 Å². The summed E-state index contributed by atoms with van der Waals surface area (Å²) >= 11 is 1.88. The van der Waals surface area contributed by atoms with E-state index in [4.69, 9.17) is 4.98 Å². The third-order valence-electron chi connectivity index (χ3n) is 7.44. The first-order valence-corrected chi connectivity index (χ1v) is 14.2. The summed E-state index contributed by atoms with van der Waals surface area (Å²) in [5.74, 6) is 1.51. The van der Waals surface area contributed by atoms with Crippen molar-refractivity contribution in [2.24, 2.45) is 5.92 Å². The molecule has 0 atom stereocenters. The lowest BCUT2D eigenvalue weighted by atomic mass is 9.89. The zero-order chi connectivity index (χ0) is 22.9. The van der Waals surface area contributed by atoms with E-state index in [0.717, 1.165) is 12.5 Å². The van der Waals surface area contributed by atoms with Crippen LogP contribution in [0.3, 0.4) is 0 Å². The second-order valence-electron chi connectivity index (χ2n) is 10.2. The third kappa shape index (κ3) is 6.59. The van der Waals surface area contributed by atoms with Gasteiger partial charge in [-0.1, -0.05) is 78.2 Å². The number of aromatic nitrogens is 2. The zero-order valence-electron chi connectivity index (χ0n) is 21.2. The minimum absolute atomic E-state index is 0.695. The summed E-state index contributed by atoms with van der Waals surface area (Å²) in [4.78, 5) is 5.14. The minimum Gasteiger partial charge on any atom is -0.343 e. The molecular weight excluding hydrogens is 408 g/mol. The van der Waals surface area contributed by atoms with Crippen molar-refractivity contribution in [2.45, 2.75) is 124 Å². The van der Waals surface area contributed by atoms with E-state index in [0.29, 0.717) is 5.92 Å². The molecule has 32 heavy (non-hydrogen) atoms. The highest BCUT2D eigenvalue weighted by molar-refractivity contribution is 7.10. The van der Waals surface area contributed by atoms with Crippen LogP contribution < -0.4 is 0 Å². The fraction of sp³-hybridized carbons (Fsp3) is 0.690. The van der Waals surface area contributed by atoms with Crippen molar-refractivity contribution in [1.82, 2.24) is 9.55 Å². The quantitative estimate of drug-likeness (QED) is 0.407. The predicted octanol–water partition coefficient (Wildman–Crippen LogP) is 9.78. The molecule has 0 N–H and O–H groups in total. The molecule has 2 aliphatic rings. The number of hydrogen-bond donors (Lipinski definition) is 0. The molecular formula is C29H46N2S. The highest BCUT2D eigenvalue weighted by Gasteiger charge is 2.23. The van der Waals surface area contributed by atoms with E-state index in [-0.39, 0.29) is 0 Å². The summed E-state index contributed by atoms with van der Waals surface area (Å²) in [5.41, 5.74) is 6.35. The van der Waals surface area contributed by atoms with E-state index in [9.17, 15) is 0 Å². The standard InChI is InChI=1S/C24H34N2S.C5H12/c1-17(2)21-14-23(26(18(21)3)15-19-10-6-4-7-11-19)22-16-27-24(25-22)20-12-8-5-9-13-20;1-3-5-4-2/h14,16,19-20H,1,4-13,15H2,2-3H3;3-5H2,1-2H3. The monoisotopic (exact) mass is 454 g/mol. The summed E-state index contributed by atoms with van der Waals surface area (Å²) in [7, 11) is 0. The van der Waals surface area contributed by atoms with Crippen LogP contribution in [0.15, 0.2) is 18.0 Å². The lowest BCUT2D eigenvalue weighted by molar-refractivity contribution is 0.319. The molecule has 0 aromatic carbocycles. The largest absolute Gasteiger partial charge is 0.343 e. The molecule has 3 heteroatoms. The Morgan fingerprint density at radius 3 is 2.22 bits per heavy atom. The van der Waals surface area contributed by atoms with Crippen LogP contribution in [0.1, 0.15) is 126 Å². The van der Waals surface area contributed by atoms with Crippen molar-refractivity contribution in [3.8, 4) is 11.4 Å². The Balaban J connectivity index is 0.000000523. The summed E-state index contributed by atoms with van der Waals surface area (Å²) < 4.78 is 2.56. The van der Waals surface area contributed by atoms with Gasteiger partial charge in [0.05, 0.1) is 16.4 Å². The van der Waals surface area contributed by atoms with E-state index in [1.54, 1.807) is 0 Å². The van der Waals surface area contributed by atoms with Gasteiger partial charge in [0.15, 0.2) is 0 Å². The molecule has 0 saturated heterocycles. The van der Waals surface area contributed by atoms with Gasteiger partial charge in [-0.3, -0.25) is 0 Å². The summed E-state index contributed by atoms with van der Waals surface area (Å²) in [6.45, 7) is 14.2. The number of unbranched alkanes of at least 4 members (excludes halogenated alkanes) is 2. The van der Waals surface area contributed by atoms with Gasteiger partial charge in [0.1, 0.15) is 0 Å². The molecule has 2 nitrogen and oxygen atoms in total. The van der Waals surface area contributed by atoms with Crippen LogP contribution in [0, 0.1) is 12.8 Å². The number of hydrogen-bond acceptors (Lipinski definition) is 2. The fourth-order valence-electron chi connectivity index (χ4n) is 5.45. The van der Waals surface area contributed by atoms with Crippen molar-refractivity contribution in [3.63, 3.8) is 0 Å². The molecule has 0 amide bonds. The second kappa shape index (κ2) is 12.8. The van der Waals surface area contributed by atoms with Crippen molar-refractivity contribution in [3.05, 3.63) is 34.3 Å². The average Bonchev–Trinajstić information content (AvgIpc) is 3.42. The lowest BCUT2D eigenvalue weighted by Crippen LogP contribution is -2.16. The average molecular weight is 455 g/mol. The molecule has 0 unspecified atom stereocenters. The molecule has 2 aliphatic carbocycles. The van der Waals surface area contributed by atoms with Gasteiger partial charge < -0.3 is 4.57 Å². The highest BCUT2D eigenvalue weighted by Crippen LogP contribution is 2.38. The lowest BCUT2D eigenvalue weighted by Gasteiger charge is -2.24. The summed E-state index contributed by atoms with van der Waals surface area (Å²) in [6, 6.07) is 2.35. The number of thiazole rings is 1. The van der Waals surface area contributed by atoms with Crippen molar-refractivity contribution < 1.29 is 0 Å². The van der Waals surface area contributed by atoms with Crippen molar-refractivity contribution in [2.75, 3.05) is 0 Å². The van der Waals surface area contributed by atoms with Crippen LogP contribution >= 0.6 is 11.3 Å². The first-order chi connectivity index (χ1) is 15.5. The second-order valence-corrected chi connectivity index (χ2v) is 11.1. The summed E-state index contributed by atoms with van der Waals surface area (Å²) in [5, 5.41) is 3.67. The Morgan fingerprint density at radius 1 is 1.03 bits per heavy atom. The first-order valence-electron chi connectivity index (χ1n) is 13.4. The van der Waals surface area contributed by atoms with Gasteiger partial charge in [-0.25, -0.2) is 4.98 Å². The molecule has 0 aliphatic heterocycles. The first kappa shape index (κ1) is 25.3. The molecule has 2 saturated carbocycles. The van der Waals surface area contributed by atoms with Gasteiger partial charge in [-0.2, -0.15) is 0 Å². The maximum absolute atomic E-state index is 5.14. The van der Waals surface area contributed by atoms with Gasteiger partial charge in [0, 0.05) is 23.5 Å². The Kier molecular flexibility index (Phi) is 10.1. The van der Waals surface area contributed by atoms with Gasteiger partial charge in [-0.05, 0) is 62.7 Å². The van der Waals surface area contributed by atoms with E-state index in [2.05, 4.69) is 50.3 Å². The van der Waals surface area contributed by atoms with Crippen LogP contribution in [0.2, 0.25) is 0 Å². The molecule has 0 radical (unpaired) electrons. The van der Waals surface area contributed by atoms with E-state index in [1.165, 1.54) is 117 Å². The highest BCUT2D eigenvalue weighted by atomic mass is 32.1. The Morgan fingerprint density at radius 2 is 1.66 bits per heavy atom. The van der Waals surface area contributed by atoms with Crippen LogP contribution in [-0.4, -0.2) is 9.55 Å². The maximum atomic E-state index is 5.14. The smallest absolute Gasteiger partial charge is 0.0979 e. The van der Waals surface area contributed by atoms with E-state index in [1.807, 2.05) is 11.3 Å². The van der Waals surface area contributed by atoms with Crippen LogP contribution in [0.4, 0.5) is 0 Å². The summed E-state index contributed by atoms with van der Waals surface area (Å²) in [6.07, 6.45) is 17.8. The maximum Gasteiger partial charge on any atom is 0.0979 e. The third-order valence-corrected chi connectivity index (χ3v) is 8.44. The van der Waals surface area contributed by atoms with Crippen molar-refractivity contribution in [1.29, 1.82) is 0 Å². The number of allylic oxidation sites excluding steroid dienone is 1. The zero-order valence-corrected chi connectivity index (χ0v) is 22.0. The van der Waals surface area contributed by atoms with Crippen LogP contribution in [0.5, 0.6) is 0 Å². The topological polar surface area (TPSA) is 17.8 Å². The Bertz CT molecular complexity index is 829. The van der Waals surface area contributed by atoms with Crippen molar-refractivity contribution >= 4 is 16.9 Å². The molecule has 0 spiro atoms. The van der Waals surface area contributed by atoms with E-state index >= 15 is 0 Å². The Hall–Kier alpha value is -1.35. The predicted molar refractivity (Wildman–Crippen MR) is 143 cm³/mol. The molecule has 2 aromatic heterocycles. The molecule has 2 fully saturated rings. The molecule has 2 heterocycles. The van der Waals surface area contributed by atoms with Gasteiger partial charge in [0.2, 0.25) is 0 Å². The number of nitrogens with zero attached hydrogens (tertiary/aromatic N) is 2.